The van der Waals surface area contributed by atoms with Crippen molar-refractivity contribution in [3.63, 3.8) is 0 Å². The van der Waals surface area contributed by atoms with Gasteiger partial charge in [0, 0.05) is 30.0 Å². The van der Waals surface area contributed by atoms with Crippen molar-refractivity contribution in [2.75, 3.05) is 17.3 Å². The molecule has 0 fully saturated rings. The largest absolute Gasteiger partial charge is 0.469 e. The Labute approximate surface area is 222 Å². The number of furan rings is 1. The van der Waals surface area contributed by atoms with E-state index >= 15 is 0 Å². The molecule has 0 radical (unpaired) electrons. The number of unbranched alkanes of at least 4 members (excludes halogenated alkanes) is 2. The van der Waals surface area contributed by atoms with Gasteiger partial charge in [0.2, 0.25) is 5.91 Å². The first-order valence-electron chi connectivity index (χ1n) is 13.2. The molecule has 2 atom stereocenters. The molecule has 196 valence electrons. The van der Waals surface area contributed by atoms with Gasteiger partial charge >= 0.3 is 5.97 Å². The molecule has 2 heterocycles. The third-order valence-electron chi connectivity index (χ3n) is 7.34. The fraction of sp³-hybridized carbons (Fsp3) is 0.323. The summed E-state index contributed by atoms with van der Waals surface area (Å²) < 4.78 is 10.5. The lowest BCUT2D eigenvalue weighted by atomic mass is 9.80. The zero-order chi connectivity index (χ0) is 26.6. The summed E-state index contributed by atoms with van der Waals surface area (Å²) in [6, 6.07) is 17.8. The SMILES string of the molecule is CCCCCC(=O)N1c2ccccc2NC2=C(C(=O)C[C@@H](c3ccco3)C2)[C@H]1c1ccc(C(=O)OC)cc1. The van der Waals surface area contributed by atoms with Crippen molar-refractivity contribution in [3.8, 4) is 0 Å². The first kappa shape index (κ1) is 25.5. The highest BCUT2D eigenvalue weighted by atomic mass is 16.5. The van der Waals surface area contributed by atoms with Crippen LogP contribution in [-0.2, 0) is 14.3 Å². The summed E-state index contributed by atoms with van der Waals surface area (Å²) in [5.74, 6) is 0.179. The van der Waals surface area contributed by atoms with Gasteiger partial charge in [-0.2, -0.15) is 0 Å². The van der Waals surface area contributed by atoms with Crippen LogP contribution in [0.5, 0.6) is 0 Å². The second-order valence-electron chi connectivity index (χ2n) is 9.82. The number of anilines is 2. The molecule has 0 saturated heterocycles. The van der Waals surface area contributed by atoms with Crippen molar-refractivity contribution in [2.24, 2.45) is 0 Å². The molecule has 1 amide bonds. The van der Waals surface area contributed by atoms with E-state index in [1.165, 1.54) is 7.11 Å². The summed E-state index contributed by atoms with van der Waals surface area (Å²) in [5, 5.41) is 3.52. The Morgan fingerprint density at radius 2 is 1.82 bits per heavy atom. The van der Waals surface area contributed by atoms with Crippen LogP contribution in [0.2, 0.25) is 0 Å². The molecule has 2 aromatic carbocycles. The second-order valence-corrected chi connectivity index (χ2v) is 9.82. The van der Waals surface area contributed by atoms with Crippen LogP contribution in [-0.4, -0.2) is 24.8 Å². The van der Waals surface area contributed by atoms with E-state index in [2.05, 4.69) is 12.2 Å². The van der Waals surface area contributed by atoms with Crippen LogP contribution in [0, 0.1) is 0 Å². The molecule has 0 unspecified atom stereocenters. The number of carbonyl (C=O) groups is 3. The smallest absolute Gasteiger partial charge is 0.337 e. The molecule has 2 aliphatic rings. The number of fused-ring (bicyclic) bond motifs is 1. The average Bonchev–Trinajstić information content (AvgIpc) is 3.43. The number of rotatable bonds is 7. The Kier molecular flexibility index (Phi) is 7.45. The van der Waals surface area contributed by atoms with Crippen LogP contribution in [0.4, 0.5) is 11.4 Å². The molecule has 3 aromatic rings. The molecule has 7 heteroatoms. The number of benzene rings is 2. The van der Waals surface area contributed by atoms with Gasteiger partial charge in [-0.25, -0.2) is 4.79 Å². The van der Waals surface area contributed by atoms with Gasteiger partial charge in [-0.05, 0) is 54.8 Å². The summed E-state index contributed by atoms with van der Waals surface area (Å²) >= 11 is 0. The van der Waals surface area contributed by atoms with E-state index in [1.54, 1.807) is 23.3 Å². The zero-order valence-electron chi connectivity index (χ0n) is 21.7. The first-order valence-corrected chi connectivity index (χ1v) is 13.2. The van der Waals surface area contributed by atoms with Crippen LogP contribution < -0.4 is 10.2 Å². The number of Topliss-reactive ketones (excluding diaryl/α,β-unsaturated/α-hetero) is 1. The zero-order valence-corrected chi connectivity index (χ0v) is 21.7. The summed E-state index contributed by atoms with van der Waals surface area (Å²) in [7, 11) is 1.34. The van der Waals surface area contributed by atoms with E-state index in [-0.39, 0.29) is 17.6 Å². The molecule has 0 bridgehead atoms. The summed E-state index contributed by atoms with van der Waals surface area (Å²) in [6.07, 6.45) is 5.61. The molecule has 7 nitrogen and oxygen atoms in total. The number of allylic oxidation sites excluding steroid dienone is 1. The highest BCUT2D eigenvalue weighted by molar-refractivity contribution is 6.06. The van der Waals surface area contributed by atoms with Crippen molar-refractivity contribution in [1.29, 1.82) is 0 Å². The Bertz CT molecular complexity index is 1360. The normalized spacial score (nSPS) is 18.8. The van der Waals surface area contributed by atoms with Gasteiger partial charge in [0.1, 0.15) is 5.76 Å². The summed E-state index contributed by atoms with van der Waals surface area (Å²) in [6.45, 7) is 2.11. The van der Waals surface area contributed by atoms with Gasteiger partial charge in [0.25, 0.3) is 0 Å². The van der Waals surface area contributed by atoms with Crippen molar-refractivity contribution in [1.82, 2.24) is 0 Å². The topological polar surface area (TPSA) is 88.9 Å². The lowest BCUT2D eigenvalue weighted by Gasteiger charge is -2.35. The quantitative estimate of drug-likeness (QED) is 0.285. The number of carbonyl (C=O) groups excluding carboxylic acids is 3. The van der Waals surface area contributed by atoms with Crippen LogP contribution in [0.3, 0.4) is 0 Å². The van der Waals surface area contributed by atoms with E-state index in [9.17, 15) is 14.4 Å². The molecule has 0 saturated carbocycles. The molecular formula is C31H32N2O5. The number of ketones is 1. The van der Waals surface area contributed by atoms with Gasteiger partial charge in [-0.1, -0.05) is 44.0 Å². The Morgan fingerprint density at radius 1 is 1.03 bits per heavy atom. The minimum atomic E-state index is -0.632. The number of para-hydroxylation sites is 2. The van der Waals surface area contributed by atoms with Gasteiger partial charge in [0.05, 0.1) is 36.4 Å². The number of amides is 1. The predicted molar refractivity (Wildman–Crippen MR) is 145 cm³/mol. The maximum atomic E-state index is 13.9. The molecule has 1 aromatic heterocycles. The van der Waals surface area contributed by atoms with Gasteiger partial charge < -0.3 is 14.5 Å². The summed E-state index contributed by atoms with van der Waals surface area (Å²) in [5.41, 5.74) is 4.06. The highest BCUT2D eigenvalue weighted by Gasteiger charge is 2.41. The average molecular weight is 513 g/mol. The number of nitrogens with zero attached hydrogens (tertiary/aromatic N) is 1. The molecule has 38 heavy (non-hydrogen) atoms. The number of ether oxygens (including phenoxy) is 1. The van der Waals surface area contributed by atoms with Gasteiger partial charge in [0.15, 0.2) is 5.78 Å². The highest BCUT2D eigenvalue weighted by Crippen LogP contribution is 2.47. The lowest BCUT2D eigenvalue weighted by Crippen LogP contribution is -2.38. The fourth-order valence-electron chi connectivity index (χ4n) is 5.47. The molecular weight excluding hydrogens is 480 g/mol. The van der Waals surface area contributed by atoms with Crippen molar-refractivity contribution in [2.45, 2.75) is 57.4 Å². The molecule has 1 aliphatic heterocycles. The number of esters is 1. The standard InChI is InChI=1S/C31H32N2O5/c1-3-4-5-12-28(35)33-25-10-7-6-9-23(25)32-24-18-22(27-11-8-17-38-27)19-26(34)29(24)30(33)20-13-15-21(16-14-20)31(36)37-2/h6-11,13-17,22,30,32H,3-5,12,18-19H2,1-2H3/t22-,30+/m0/s1. The number of nitrogens with one attached hydrogen (secondary N) is 1. The van der Waals surface area contributed by atoms with E-state index in [4.69, 9.17) is 9.15 Å². The maximum Gasteiger partial charge on any atom is 0.337 e. The lowest BCUT2D eigenvalue weighted by molar-refractivity contribution is -0.119. The second kappa shape index (κ2) is 11.1. The number of methoxy groups -OCH3 is 1. The van der Waals surface area contributed by atoms with E-state index < -0.39 is 12.0 Å². The molecule has 1 N–H and O–H groups in total. The predicted octanol–water partition coefficient (Wildman–Crippen LogP) is 6.55. The monoisotopic (exact) mass is 512 g/mol. The van der Waals surface area contributed by atoms with E-state index in [1.807, 2.05) is 48.5 Å². The summed E-state index contributed by atoms with van der Waals surface area (Å²) in [4.78, 5) is 41.7. The molecule has 5 rings (SSSR count). The molecule has 0 spiro atoms. The fourth-order valence-corrected chi connectivity index (χ4v) is 5.47. The van der Waals surface area contributed by atoms with E-state index in [0.29, 0.717) is 30.4 Å². The number of hydrogen-bond donors (Lipinski definition) is 1. The molecule has 1 aliphatic carbocycles. The minimum absolute atomic E-state index is 0.0265. The van der Waals surface area contributed by atoms with Crippen LogP contribution >= 0.6 is 0 Å². The van der Waals surface area contributed by atoms with Crippen molar-refractivity contribution < 1.29 is 23.5 Å². The Hall–Kier alpha value is -4.13. The Morgan fingerprint density at radius 3 is 2.53 bits per heavy atom. The van der Waals surface area contributed by atoms with Crippen LogP contribution in [0.15, 0.2) is 82.6 Å². The first-order chi connectivity index (χ1) is 18.5. The van der Waals surface area contributed by atoms with Crippen LogP contribution in [0.1, 0.15) is 79.1 Å². The maximum absolute atomic E-state index is 13.9. The third-order valence-corrected chi connectivity index (χ3v) is 7.34. The minimum Gasteiger partial charge on any atom is -0.469 e. The van der Waals surface area contributed by atoms with Gasteiger partial charge in [-0.15, -0.1) is 0 Å². The third kappa shape index (κ3) is 4.88. The Balaban J connectivity index is 1.66. The van der Waals surface area contributed by atoms with Gasteiger partial charge in [-0.3, -0.25) is 14.5 Å². The van der Waals surface area contributed by atoms with Crippen LogP contribution in [0.25, 0.3) is 0 Å². The van der Waals surface area contributed by atoms with Crippen molar-refractivity contribution in [3.05, 3.63) is 95.1 Å². The number of hydrogen-bond acceptors (Lipinski definition) is 6. The van der Waals surface area contributed by atoms with Crippen molar-refractivity contribution >= 4 is 29.0 Å². The van der Waals surface area contributed by atoms with E-state index in [0.717, 1.165) is 47.7 Å².